The van der Waals surface area contributed by atoms with Gasteiger partial charge in [0.1, 0.15) is 0 Å². The summed E-state index contributed by atoms with van der Waals surface area (Å²) in [6.45, 7) is 6.60. The third-order valence-electron chi connectivity index (χ3n) is 2.86. The first-order chi connectivity index (χ1) is 8.12. The number of piperidine rings is 1. The molecule has 0 aliphatic carbocycles. The maximum Gasteiger partial charge on any atom is 0.307 e. The summed E-state index contributed by atoms with van der Waals surface area (Å²) in [5, 5.41) is 8.94. The number of hydrogen-bond acceptors (Lipinski definition) is 3. The van der Waals surface area contributed by atoms with Crippen molar-refractivity contribution in [3.63, 3.8) is 0 Å². The zero-order chi connectivity index (χ0) is 14.0. The van der Waals surface area contributed by atoms with Crippen molar-refractivity contribution >= 4 is 16.2 Å². The van der Waals surface area contributed by atoms with E-state index in [2.05, 4.69) is 4.72 Å². The van der Waals surface area contributed by atoms with Crippen molar-refractivity contribution in [2.24, 2.45) is 11.3 Å². The van der Waals surface area contributed by atoms with Crippen molar-refractivity contribution in [2.45, 2.75) is 33.6 Å². The van der Waals surface area contributed by atoms with Crippen LogP contribution >= 0.6 is 0 Å². The molecule has 6 nitrogen and oxygen atoms in total. The molecule has 18 heavy (non-hydrogen) atoms. The van der Waals surface area contributed by atoms with Crippen molar-refractivity contribution in [3.05, 3.63) is 0 Å². The average molecular weight is 278 g/mol. The summed E-state index contributed by atoms with van der Waals surface area (Å²) in [7, 11) is -3.56. The molecule has 1 aliphatic rings. The van der Waals surface area contributed by atoms with Gasteiger partial charge in [-0.3, -0.25) is 4.79 Å². The van der Waals surface area contributed by atoms with E-state index in [9.17, 15) is 13.2 Å². The smallest absolute Gasteiger partial charge is 0.307 e. The third-order valence-corrected chi connectivity index (χ3v) is 4.38. The average Bonchev–Trinajstić information content (AvgIpc) is 2.26. The Morgan fingerprint density at radius 3 is 2.56 bits per heavy atom. The molecule has 0 aromatic heterocycles. The quantitative estimate of drug-likeness (QED) is 0.791. The van der Waals surface area contributed by atoms with Gasteiger partial charge in [0.05, 0.1) is 5.92 Å². The lowest BCUT2D eigenvalue weighted by molar-refractivity contribution is -0.142. The fraction of sp³-hybridized carbons (Fsp3) is 0.909. The summed E-state index contributed by atoms with van der Waals surface area (Å²) in [5.41, 5.74) is -0.144. The molecule has 0 amide bonds. The van der Waals surface area contributed by atoms with Crippen molar-refractivity contribution in [2.75, 3.05) is 19.6 Å². The lowest BCUT2D eigenvalue weighted by Crippen LogP contribution is -2.48. The van der Waals surface area contributed by atoms with Crippen LogP contribution in [0, 0.1) is 11.3 Å². The highest BCUT2D eigenvalue weighted by atomic mass is 32.2. The molecule has 1 heterocycles. The number of carboxylic acid groups (broad SMARTS) is 1. The summed E-state index contributed by atoms with van der Waals surface area (Å²) in [6, 6.07) is 0. The van der Waals surface area contributed by atoms with Crippen LogP contribution in [-0.4, -0.2) is 43.4 Å². The first-order valence-corrected chi connectivity index (χ1v) is 7.53. The van der Waals surface area contributed by atoms with Crippen LogP contribution in [0.5, 0.6) is 0 Å². The van der Waals surface area contributed by atoms with Gasteiger partial charge >= 0.3 is 5.97 Å². The molecule has 1 unspecified atom stereocenters. The Labute approximate surface area is 109 Å². The molecule has 1 atom stereocenters. The van der Waals surface area contributed by atoms with E-state index in [0.717, 1.165) is 0 Å². The Morgan fingerprint density at radius 1 is 1.44 bits per heavy atom. The van der Waals surface area contributed by atoms with Gasteiger partial charge in [-0.05, 0) is 18.3 Å². The molecule has 7 heteroatoms. The van der Waals surface area contributed by atoms with Gasteiger partial charge in [-0.15, -0.1) is 0 Å². The van der Waals surface area contributed by atoms with E-state index < -0.39 is 22.1 Å². The maximum absolute atomic E-state index is 12.0. The Morgan fingerprint density at radius 2 is 2.06 bits per heavy atom. The van der Waals surface area contributed by atoms with Gasteiger partial charge in [0.15, 0.2) is 0 Å². The second-order valence-corrected chi connectivity index (χ2v) is 7.68. The lowest BCUT2D eigenvalue weighted by Gasteiger charge is -2.31. The molecule has 0 bridgehead atoms. The zero-order valence-corrected chi connectivity index (χ0v) is 12.0. The fourth-order valence-electron chi connectivity index (χ4n) is 1.76. The van der Waals surface area contributed by atoms with Crippen LogP contribution in [0.1, 0.15) is 33.6 Å². The van der Waals surface area contributed by atoms with Gasteiger partial charge in [0, 0.05) is 19.6 Å². The molecule has 1 rings (SSSR count). The van der Waals surface area contributed by atoms with E-state index in [1.807, 2.05) is 20.8 Å². The molecule has 1 fully saturated rings. The molecule has 1 aliphatic heterocycles. The Kier molecular flexibility index (Phi) is 4.74. The van der Waals surface area contributed by atoms with Crippen molar-refractivity contribution in [3.8, 4) is 0 Å². The van der Waals surface area contributed by atoms with E-state index in [0.29, 0.717) is 25.9 Å². The summed E-state index contributed by atoms with van der Waals surface area (Å²) < 4.78 is 27.8. The number of rotatable bonds is 4. The molecular formula is C11H22N2O4S. The standard InChI is InChI=1S/C11H22N2O4S/c1-11(2,3)8-12-18(16,17)13-6-4-5-9(7-13)10(14)15/h9,12H,4-8H2,1-3H3,(H,14,15). The van der Waals surface area contributed by atoms with Crippen LogP contribution in [0.4, 0.5) is 0 Å². The molecule has 0 spiro atoms. The van der Waals surface area contributed by atoms with Gasteiger partial charge in [-0.2, -0.15) is 12.7 Å². The number of carbonyl (C=O) groups is 1. The minimum absolute atomic E-state index is 0.0643. The minimum Gasteiger partial charge on any atom is -0.481 e. The molecule has 1 saturated heterocycles. The van der Waals surface area contributed by atoms with Gasteiger partial charge in [-0.25, -0.2) is 4.72 Å². The predicted octanol–water partition coefficient (Wildman–Crippen LogP) is 0.664. The summed E-state index contributed by atoms with van der Waals surface area (Å²) in [4.78, 5) is 10.9. The van der Waals surface area contributed by atoms with Crippen LogP contribution < -0.4 is 4.72 Å². The number of carboxylic acids is 1. The van der Waals surface area contributed by atoms with E-state index in [1.54, 1.807) is 0 Å². The summed E-state index contributed by atoms with van der Waals surface area (Å²) in [6.07, 6.45) is 1.13. The van der Waals surface area contributed by atoms with E-state index in [1.165, 1.54) is 4.31 Å². The van der Waals surface area contributed by atoms with Crippen LogP contribution in [0.2, 0.25) is 0 Å². The SMILES string of the molecule is CC(C)(C)CNS(=O)(=O)N1CCCC(C(=O)O)C1. The minimum atomic E-state index is -3.56. The van der Waals surface area contributed by atoms with Crippen molar-refractivity contribution < 1.29 is 18.3 Å². The largest absolute Gasteiger partial charge is 0.481 e. The number of hydrogen-bond donors (Lipinski definition) is 2. The number of aliphatic carboxylic acids is 1. The molecule has 2 N–H and O–H groups in total. The highest BCUT2D eigenvalue weighted by Gasteiger charge is 2.32. The first kappa shape index (κ1) is 15.4. The van der Waals surface area contributed by atoms with Crippen LogP contribution in [0.3, 0.4) is 0 Å². The maximum atomic E-state index is 12.0. The van der Waals surface area contributed by atoms with Crippen LogP contribution in [0.15, 0.2) is 0 Å². The van der Waals surface area contributed by atoms with Crippen molar-refractivity contribution in [1.29, 1.82) is 0 Å². The molecule has 0 aromatic carbocycles. The van der Waals surface area contributed by atoms with E-state index >= 15 is 0 Å². The molecular weight excluding hydrogens is 256 g/mol. The van der Waals surface area contributed by atoms with Gasteiger partial charge in [0.2, 0.25) is 0 Å². The monoisotopic (exact) mass is 278 g/mol. The summed E-state index contributed by atoms with van der Waals surface area (Å²) >= 11 is 0. The van der Waals surface area contributed by atoms with Gasteiger partial charge in [-0.1, -0.05) is 20.8 Å². The van der Waals surface area contributed by atoms with Crippen molar-refractivity contribution in [1.82, 2.24) is 9.03 Å². The fourth-order valence-corrected chi connectivity index (χ4v) is 3.30. The topological polar surface area (TPSA) is 86.7 Å². The number of nitrogens with zero attached hydrogens (tertiary/aromatic N) is 1. The Hall–Kier alpha value is -0.660. The molecule has 0 radical (unpaired) electrons. The second-order valence-electron chi connectivity index (χ2n) is 5.92. The lowest BCUT2D eigenvalue weighted by atomic mass is 9.98. The first-order valence-electron chi connectivity index (χ1n) is 6.09. The third kappa shape index (κ3) is 4.55. The Bertz CT molecular complexity index is 400. The molecule has 0 saturated carbocycles. The number of nitrogens with one attached hydrogen (secondary N) is 1. The van der Waals surface area contributed by atoms with Crippen LogP contribution in [0.25, 0.3) is 0 Å². The Balaban J connectivity index is 2.64. The van der Waals surface area contributed by atoms with E-state index in [4.69, 9.17) is 5.11 Å². The normalized spacial score (nSPS) is 22.9. The molecule has 0 aromatic rings. The van der Waals surface area contributed by atoms with Gasteiger partial charge < -0.3 is 5.11 Å². The molecule has 106 valence electrons. The zero-order valence-electron chi connectivity index (χ0n) is 11.1. The second kappa shape index (κ2) is 5.54. The van der Waals surface area contributed by atoms with E-state index in [-0.39, 0.29) is 12.0 Å². The van der Waals surface area contributed by atoms with Crippen LogP contribution in [-0.2, 0) is 15.0 Å². The van der Waals surface area contributed by atoms with Gasteiger partial charge in [0.25, 0.3) is 10.2 Å². The predicted molar refractivity (Wildman–Crippen MR) is 68.3 cm³/mol. The highest BCUT2D eigenvalue weighted by molar-refractivity contribution is 7.87. The summed E-state index contributed by atoms with van der Waals surface area (Å²) in [5.74, 6) is -1.52. The highest BCUT2D eigenvalue weighted by Crippen LogP contribution is 2.19.